The third-order valence-corrected chi connectivity index (χ3v) is 4.36. The number of hydrogen-bond donors (Lipinski definition) is 1. The molecule has 1 aliphatic rings. The van der Waals surface area contributed by atoms with Gasteiger partial charge in [-0.3, -0.25) is 4.79 Å². The van der Waals surface area contributed by atoms with Crippen molar-refractivity contribution in [2.24, 2.45) is 5.92 Å². The van der Waals surface area contributed by atoms with Crippen molar-refractivity contribution in [1.29, 1.82) is 0 Å². The first-order valence-electron chi connectivity index (χ1n) is 6.74. The van der Waals surface area contributed by atoms with E-state index in [1.54, 1.807) is 11.0 Å². The van der Waals surface area contributed by atoms with E-state index in [-0.39, 0.29) is 17.7 Å². The molecular weight excluding hydrogens is 262 g/mol. The summed E-state index contributed by atoms with van der Waals surface area (Å²) in [4.78, 5) is 14.2. The second kappa shape index (κ2) is 5.83. The van der Waals surface area contributed by atoms with Gasteiger partial charge in [-0.25, -0.2) is 0 Å². The van der Waals surface area contributed by atoms with Gasteiger partial charge >= 0.3 is 0 Å². The van der Waals surface area contributed by atoms with Gasteiger partial charge in [0.15, 0.2) is 0 Å². The molecular formula is C15H20ClNO2. The quantitative estimate of drug-likeness (QED) is 0.898. The smallest absolute Gasteiger partial charge is 0.255 e. The van der Waals surface area contributed by atoms with Crippen LogP contribution in [0.3, 0.4) is 0 Å². The van der Waals surface area contributed by atoms with E-state index in [0.29, 0.717) is 10.6 Å². The molecule has 1 N–H and O–H groups in total. The summed E-state index contributed by atoms with van der Waals surface area (Å²) in [6, 6.07) is 4.76. The number of hydrogen-bond acceptors (Lipinski definition) is 2. The summed E-state index contributed by atoms with van der Waals surface area (Å²) in [6.45, 7) is 2.25. The molecule has 1 amide bonds. The third-order valence-electron chi connectivity index (χ3n) is 4.03. The summed E-state index contributed by atoms with van der Waals surface area (Å²) in [6.07, 6.45) is 4.41. The molecule has 0 atom stereocenters. The lowest BCUT2D eigenvalue weighted by Crippen LogP contribution is -2.39. The van der Waals surface area contributed by atoms with Gasteiger partial charge in [0.25, 0.3) is 5.91 Å². The number of carbonyl (C=O) groups is 1. The van der Waals surface area contributed by atoms with Crippen LogP contribution in [0, 0.1) is 5.92 Å². The van der Waals surface area contributed by atoms with E-state index in [9.17, 15) is 9.90 Å². The second-order valence-corrected chi connectivity index (χ2v) is 5.90. The summed E-state index contributed by atoms with van der Waals surface area (Å²) in [7, 11) is 1.82. The van der Waals surface area contributed by atoms with E-state index < -0.39 is 0 Å². The molecule has 0 heterocycles. The minimum Gasteiger partial charge on any atom is -0.508 e. The molecule has 2 rings (SSSR count). The maximum absolute atomic E-state index is 12.4. The molecule has 1 aromatic rings. The average molecular weight is 282 g/mol. The lowest BCUT2D eigenvalue weighted by Gasteiger charge is -2.33. The Hall–Kier alpha value is -1.22. The largest absolute Gasteiger partial charge is 0.508 e. The Morgan fingerprint density at radius 1 is 1.32 bits per heavy atom. The van der Waals surface area contributed by atoms with Crippen LogP contribution in [-0.2, 0) is 0 Å². The lowest BCUT2D eigenvalue weighted by atomic mass is 9.86. The highest BCUT2D eigenvalue weighted by molar-refractivity contribution is 6.33. The minimum absolute atomic E-state index is 0.0680. The van der Waals surface area contributed by atoms with Crippen LogP contribution in [0.4, 0.5) is 0 Å². The van der Waals surface area contributed by atoms with Crippen molar-refractivity contribution in [2.45, 2.75) is 38.6 Å². The van der Waals surface area contributed by atoms with Crippen LogP contribution in [0.2, 0.25) is 5.02 Å². The van der Waals surface area contributed by atoms with Gasteiger partial charge in [0.1, 0.15) is 5.75 Å². The van der Waals surface area contributed by atoms with Crippen molar-refractivity contribution in [3.63, 3.8) is 0 Å². The van der Waals surface area contributed by atoms with Gasteiger partial charge in [0, 0.05) is 13.1 Å². The molecule has 0 saturated heterocycles. The molecule has 1 saturated carbocycles. The van der Waals surface area contributed by atoms with Gasteiger partial charge < -0.3 is 10.0 Å². The van der Waals surface area contributed by atoms with Gasteiger partial charge in [-0.15, -0.1) is 0 Å². The molecule has 0 spiro atoms. The fraction of sp³-hybridized carbons (Fsp3) is 0.533. The summed E-state index contributed by atoms with van der Waals surface area (Å²) in [5.74, 6) is 0.711. The van der Waals surface area contributed by atoms with Crippen molar-refractivity contribution in [2.75, 3.05) is 7.05 Å². The SMILES string of the molecule is CC1CCC(N(C)C(=O)c2cc(O)ccc2Cl)CC1. The van der Waals surface area contributed by atoms with E-state index in [2.05, 4.69) is 6.92 Å². The van der Waals surface area contributed by atoms with Gasteiger partial charge in [-0.1, -0.05) is 18.5 Å². The van der Waals surface area contributed by atoms with Crippen molar-refractivity contribution in [1.82, 2.24) is 4.90 Å². The maximum Gasteiger partial charge on any atom is 0.255 e. The van der Waals surface area contributed by atoms with E-state index in [0.717, 1.165) is 31.6 Å². The Morgan fingerprint density at radius 3 is 2.58 bits per heavy atom. The zero-order valence-corrected chi connectivity index (χ0v) is 12.2. The number of phenols is 1. The first-order chi connectivity index (χ1) is 8.99. The molecule has 1 aliphatic carbocycles. The molecule has 4 heteroatoms. The summed E-state index contributed by atoms with van der Waals surface area (Å²) in [5, 5.41) is 9.87. The van der Waals surface area contributed by atoms with Crippen molar-refractivity contribution in [3.8, 4) is 5.75 Å². The third kappa shape index (κ3) is 3.21. The van der Waals surface area contributed by atoms with Crippen LogP contribution in [0.25, 0.3) is 0 Å². The van der Waals surface area contributed by atoms with Crippen LogP contribution in [0.1, 0.15) is 43.0 Å². The maximum atomic E-state index is 12.4. The fourth-order valence-electron chi connectivity index (χ4n) is 2.66. The predicted octanol–water partition coefficient (Wildman–Crippen LogP) is 3.70. The summed E-state index contributed by atoms with van der Waals surface area (Å²) >= 11 is 6.04. The number of amides is 1. The highest BCUT2D eigenvalue weighted by Gasteiger charge is 2.26. The Bertz CT molecular complexity index is 467. The van der Waals surface area contributed by atoms with Gasteiger partial charge in [-0.2, -0.15) is 0 Å². The Balaban J connectivity index is 2.12. The molecule has 0 aliphatic heterocycles. The topological polar surface area (TPSA) is 40.5 Å². The fourth-order valence-corrected chi connectivity index (χ4v) is 2.86. The minimum atomic E-state index is -0.111. The lowest BCUT2D eigenvalue weighted by molar-refractivity contribution is 0.0679. The number of nitrogens with zero attached hydrogens (tertiary/aromatic N) is 1. The molecule has 3 nitrogen and oxygen atoms in total. The molecule has 104 valence electrons. The molecule has 1 fully saturated rings. The summed E-state index contributed by atoms with van der Waals surface area (Å²) in [5.41, 5.74) is 0.378. The van der Waals surface area contributed by atoms with E-state index >= 15 is 0 Å². The zero-order chi connectivity index (χ0) is 14.0. The van der Waals surface area contributed by atoms with Crippen molar-refractivity contribution < 1.29 is 9.90 Å². The Labute approximate surface area is 119 Å². The average Bonchev–Trinajstić information content (AvgIpc) is 2.41. The van der Waals surface area contributed by atoms with Crippen LogP contribution in [0.15, 0.2) is 18.2 Å². The normalized spacial score (nSPS) is 23.1. The molecule has 0 aromatic heterocycles. The summed E-state index contributed by atoms with van der Waals surface area (Å²) < 4.78 is 0. The van der Waals surface area contributed by atoms with Gasteiger partial charge in [0.2, 0.25) is 0 Å². The monoisotopic (exact) mass is 281 g/mol. The van der Waals surface area contributed by atoms with Gasteiger partial charge in [0.05, 0.1) is 10.6 Å². The van der Waals surface area contributed by atoms with E-state index in [1.165, 1.54) is 12.1 Å². The van der Waals surface area contributed by atoms with Crippen LogP contribution in [-0.4, -0.2) is 29.0 Å². The zero-order valence-electron chi connectivity index (χ0n) is 11.4. The highest BCUT2D eigenvalue weighted by Crippen LogP contribution is 2.29. The molecule has 0 unspecified atom stereocenters. The predicted molar refractivity (Wildman–Crippen MR) is 76.6 cm³/mol. The second-order valence-electron chi connectivity index (χ2n) is 5.49. The number of rotatable bonds is 2. The Morgan fingerprint density at radius 2 is 1.95 bits per heavy atom. The van der Waals surface area contributed by atoms with Gasteiger partial charge in [-0.05, 0) is 49.8 Å². The number of benzene rings is 1. The van der Waals surface area contributed by atoms with Crippen molar-refractivity contribution in [3.05, 3.63) is 28.8 Å². The number of phenolic OH excluding ortho intramolecular Hbond substituents is 1. The van der Waals surface area contributed by atoms with Crippen molar-refractivity contribution >= 4 is 17.5 Å². The molecule has 0 bridgehead atoms. The Kier molecular flexibility index (Phi) is 4.35. The molecule has 1 aromatic carbocycles. The van der Waals surface area contributed by atoms with Crippen LogP contribution < -0.4 is 0 Å². The van der Waals surface area contributed by atoms with Crippen LogP contribution in [0.5, 0.6) is 5.75 Å². The van der Waals surface area contributed by atoms with E-state index in [4.69, 9.17) is 11.6 Å². The standard InChI is InChI=1S/C15H20ClNO2/c1-10-3-5-11(6-4-10)17(2)15(19)13-9-12(18)7-8-14(13)16/h7-11,18H,3-6H2,1-2H3. The highest BCUT2D eigenvalue weighted by atomic mass is 35.5. The number of halogens is 1. The first kappa shape index (κ1) is 14.2. The number of aromatic hydroxyl groups is 1. The number of carbonyl (C=O) groups excluding carboxylic acids is 1. The van der Waals surface area contributed by atoms with Crippen LogP contribution >= 0.6 is 11.6 Å². The molecule has 0 radical (unpaired) electrons. The van der Waals surface area contributed by atoms with E-state index in [1.807, 2.05) is 7.05 Å². The first-order valence-corrected chi connectivity index (χ1v) is 7.12. The molecule has 19 heavy (non-hydrogen) atoms.